The van der Waals surface area contributed by atoms with Crippen LogP contribution < -0.4 is 5.14 Å². The van der Waals surface area contributed by atoms with Crippen molar-refractivity contribution in [1.82, 2.24) is 4.98 Å². The second kappa shape index (κ2) is 6.61. The van der Waals surface area contributed by atoms with Crippen molar-refractivity contribution in [2.45, 2.75) is 75.5 Å². The van der Waals surface area contributed by atoms with Gasteiger partial charge in [-0.3, -0.25) is 0 Å². The van der Waals surface area contributed by atoms with E-state index in [1.807, 2.05) is 12.1 Å². The molecule has 1 heterocycles. The lowest BCUT2D eigenvalue weighted by molar-refractivity contribution is 0.137. The van der Waals surface area contributed by atoms with E-state index in [1.54, 1.807) is 12.1 Å². The molecule has 0 aliphatic heterocycles. The quantitative estimate of drug-likeness (QED) is 0.510. The van der Waals surface area contributed by atoms with E-state index in [-0.39, 0.29) is 21.6 Å². The number of primary sulfonamides is 1. The van der Waals surface area contributed by atoms with E-state index in [4.69, 9.17) is 5.14 Å². The molecule has 1 aromatic heterocycles. The minimum Gasteiger partial charge on any atom is -0.508 e. The zero-order chi connectivity index (χ0) is 23.2. The van der Waals surface area contributed by atoms with Crippen molar-refractivity contribution in [3.05, 3.63) is 58.3 Å². The van der Waals surface area contributed by atoms with Crippen LogP contribution >= 0.6 is 0 Å². The van der Waals surface area contributed by atoms with Gasteiger partial charge in [0.1, 0.15) is 5.75 Å². The SMILES string of the molecule is CC(C)c1c(O)ccc2c1CC[C@H]1C(C)(C)c3[nH]c4ccc(S(N)(=O)=O)cc4c3C[C@]21C. The maximum absolute atomic E-state index is 12.0. The van der Waals surface area contributed by atoms with Crippen LogP contribution in [0.3, 0.4) is 0 Å². The summed E-state index contributed by atoms with van der Waals surface area (Å²) >= 11 is 0. The molecule has 5 nitrogen and oxygen atoms in total. The van der Waals surface area contributed by atoms with Gasteiger partial charge in [-0.1, -0.05) is 40.7 Å². The molecule has 6 heteroatoms. The Labute approximate surface area is 190 Å². The lowest BCUT2D eigenvalue weighted by Gasteiger charge is -2.54. The smallest absolute Gasteiger partial charge is 0.238 e. The fraction of sp³-hybridized carbons (Fsp3) is 0.462. The van der Waals surface area contributed by atoms with Crippen LogP contribution in [0.25, 0.3) is 10.9 Å². The zero-order valence-corrected chi connectivity index (χ0v) is 20.2. The molecule has 2 aliphatic rings. The Hall–Kier alpha value is -2.31. The molecule has 0 fully saturated rings. The van der Waals surface area contributed by atoms with Crippen molar-refractivity contribution in [2.75, 3.05) is 0 Å². The molecule has 0 saturated carbocycles. The van der Waals surface area contributed by atoms with E-state index in [0.29, 0.717) is 11.7 Å². The summed E-state index contributed by atoms with van der Waals surface area (Å²) in [7, 11) is -3.78. The van der Waals surface area contributed by atoms with Crippen molar-refractivity contribution in [2.24, 2.45) is 11.1 Å². The fourth-order valence-electron chi connectivity index (χ4n) is 6.95. The minimum atomic E-state index is -3.78. The minimum absolute atomic E-state index is 0.114. The second-order valence-electron chi connectivity index (χ2n) is 10.8. The van der Waals surface area contributed by atoms with E-state index in [9.17, 15) is 13.5 Å². The summed E-state index contributed by atoms with van der Waals surface area (Å²) in [5.74, 6) is 1.06. The molecule has 4 N–H and O–H groups in total. The fourth-order valence-corrected chi connectivity index (χ4v) is 7.49. The number of aromatic hydroxyl groups is 1. The highest BCUT2D eigenvalue weighted by molar-refractivity contribution is 7.89. The van der Waals surface area contributed by atoms with Crippen molar-refractivity contribution in [3.8, 4) is 5.75 Å². The van der Waals surface area contributed by atoms with Crippen LogP contribution in [0, 0.1) is 5.92 Å². The van der Waals surface area contributed by atoms with Crippen molar-refractivity contribution < 1.29 is 13.5 Å². The van der Waals surface area contributed by atoms with Crippen molar-refractivity contribution >= 4 is 20.9 Å². The van der Waals surface area contributed by atoms with Crippen molar-refractivity contribution in [1.29, 1.82) is 0 Å². The summed E-state index contributed by atoms with van der Waals surface area (Å²) in [6, 6.07) is 9.11. The number of aromatic nitrogens is 1. The van der Waals surface area contributed by atoms with Gasteiger partial charge in [-0.2, -0.15) is 0 Å². The number of phenols is 1. The number of nitrogens with one attached hydrogen (secondary N) is 1. The van der Waals surface area contributed by atoms with Gasteiger partial charge >= 0.3 is 0 Å². The van der Waals surface area contributed by atoms with Gasteiger partial charge in [0.15, 0.2) is 0 Å². The first-order chi connectivity index (χ1) is 14.9. The Morgan fingerprint density at radius 2 is 1.84 bits per heavy atom. The molecule has 0 radical (unpaired) electrons. The molecule has 170 valence electrons. The van der Waals surface area contributed by atoms with E-state index < -0.39 is 10.0 Å². The molecule has 0 spiro atoms. The van der Waals surface area contributed by atoms with E-state index >= 15 is 0 Å². The number of hydrogen-bond acceptors (Lipinski definition) is 3. The second-order valence-corrected chi connectivity index (χ2v) is 12.4. The Bertz CT molecular complexity index is 1370. The Morgan fingerprint density at radius 1 is 1.12 bits per heavy atom. The predicted octanol–water partition coefficient (Wildman–Crippen LogP) is 5.00. The number of H-pyrrole nitrogens is 1. The van der Waals surface area contributed by atoms with Crippen LogP contribution in [0.4, 0.5) is 0 Å². The maximum Gasteiger partial charge on any atom is 0.238 e. The third-order valence-corrected chi connectivity index (χ3v) is 9.16. The van der Waals surface area contributed by atoms with Gasteiger partial charge in [-0.15, -0.1) is 0 Å². The third kappa shape index (κ3) is 2.82. The molecule has 3 aromatic rings. The Balaban J connectivity index is 1.77. The topological polar surface area (TPSA) is 96.2 Å². The molecule has 0 unspecified atom stereocenters. The highest BCUT2D eigenvalue weighted by Crippen LogP contribution is 2.58. The van der Waals surface area contributed by atoms with Gasteiger partial charge in [0, 0.05) is 27.4 Å². The molecule has 0 amide bonds. The number of benzene rings is 2. The first-order valence-electron chi connectivity index (χ1n) is 11.4. The molecule has 2 aromatic carbocycles. The first kappa shape index (κ1) is 21.5. The van der Waals surface area contributed by atoms with Gasteiger partial charge < -0.3 is 10.1 Å². The highest BCUT2D eigenvalue weighted by Gasteiger charge is 2.53. The average Bonchev–Trinajstić information content (AvgIpc) is 3.05. The summed E-state index contributed by atoms with van der Waals surface area (Å²) in [6.07, 6.45) is 2.84. The normalized spacial score (nSPS) is 24.3. The predicted molar refractivity (Wildman–Crippen MR) is 128 cm³/mol. The molecule has 2 atom stereocenters. The molecule has 32 heavy (non-hydrogen) atoms. The van der Waals surface area contributed by atoms with Crippen molar-refractivity contribution in [3.63, 3.8) is 0 Å². The molecule has 0 bridgehead atoms. The molecule has 0 saturated heterocycles. The molecule has 2 aliphatic carbocycles. The van der Waals surface area contributed by atoms with E-state index in [1.165, 1.54) is 22.4 Å². The number of rotatable bonds is 2. The summed E-state index contributed by atoms with van der Waals surface area (Å²) in [4.78, 5) is 3.77. The molecular weight excluding hydrogens is 420 g/mol. The largest absolute Gasteiger partial charge is 0.508 e. The molecule has 5 rings (SSSR count). The summed E-state index contributed by atoms with van der Waals surface area (Å²) < 4.78 is 24.1. The molecular formula is C26H32N2O3S. The Kier molecular flexibility index (Phi) is 4.45. The number of sulfonamides is 1. The Morgan fingerprint density at radius 3 is 2.50 bits per heavy atom. The lowest BCUT2D eigenvalue weighted by atomic mass is 9.49. The van der Waals surface area contributed by atoms with Gasteiger partial charge in [-0.25, -0.2) is 13.6 Å². The lowest BCUT2D eigenvalue weighted by Crippen LogP contribution is -2.51. The maximum atomic E-state index is 12.0. The summed E-state index contributed by atoms with van der Waals surface area (Å²) in [6.45, 7) is 11.2. The van der Waals surface area contributed by atoms with Crippen LogP contribution in [-0.4, -0.2) is 18.5 Å². The van der Waals surface area contributed by atoms with Gasteiger partial charge in [0.25, 0.3) is 0 Å². The average molecular weight is 453 g/mol. The van der Waals surface area contributed by atoms with E-state index in [2.05, 4.69) is 45.7 Å². The van der Waals surface area contributed by atoms with Gasteiger partial charge in [0.2, 0.25) is 10.0 Å². The van der Waals surface area contributed by atoms with Crippen LogP contribution in [-0.2, 0) is 33.7 Å². The number of phenolic OH excluding ortho intramolecular Hbond substituents is 1. The monoisotopic (exact) mass is 452 g/mol. The third-order valence-electron chi connectivity index (χ3n) is 8.24. The van der Waals surface area contributed by atoms with Crippen LogP contribution in [0.1, 0.15) is 74.9 Å². The first-order valence-corrected chi connectivity index (χ1v) is 12.9. The zero-order valence-electron chi connectivity index (χ0n) is 19.4. The van der Waals surface area contributed by atoms with Crippen LogP contribution in [0.5, 0.6) is 5.75 Å². The van der Waals surface area contributed by atoms with Crippen LogP contribution in [0.2, 0.25) is 0 Å². The number of nitrogens with two attached hydrogens (primary N) is 1. The number of aromatic amines is 1. The highest BCUT2D eigenvalue weighted by atomic mass is 32.2. The standard InChI is InChI=1S/C26H32N2O3S/c1-14(2)23-16-7-11-22-25(3,4)24-18(13-26(22,5)19(16)8-10-21(23)29)17-12-15(32(27,30)31)6-9-20(17)28-24/h6,8-10,12,14,22,28-29H,7,11,13H2,1-5H3,(H2,27,30,31)/t22-,26+/m0/s1. The summed E-state index contributed by atoms with van der Waals surface area (Å²) in [5, 5.41) is 17.0. The van der Waals surface area contributed by atoms with Gasteiger partial charge in [0.05, 0.1) is 4.90 Å². The van der Waals surface area contributed by atoms with Crippen LogP contribution in [0.15, 0.2) is 35.2 Å². The van der Waals surface area contributed by atoms with Gasteiger partial charge in [-0.05, 0) is 77.6 Å². The van der Waals surface area contributed by atoms with E-state index in [0.717, 1.165) is 35.7 Å². The summed E-state index contributed by atoms with van der Waals surface area (Å²) in [5.41, 5.74) is 6.79. The number of hydrogen-bond donors (Lipinski definition) is 3. The number of fused-ring (bicyclic) bond motifs is 6.